The van der Waals surface area contributed by atoms with Crippen molar-refractivity contribution in [1.82, 2.24) is 5.43 Å². The first-order valence-electron chi connectivity index (χ1n) is 4.78. The van der Waals surface area contributed by atoms with Gasteiger partial charge in [0.05, 0.1) is 0 Å². The Morgan fingerprint density at radius 2 is 2.31 bits per heavy atom. The predicted molar refractivity (Wildman–Crippen MR) is 58.6 cm³/mol. The van der Waals surface area contributed by atoms with Crippen molar-refractivity contribution in [2.75, 3.05) is 0 Å². The molecule has 0 aromatic carbocycles. The van der Waals surface area contributed by atoms with Crippen LogP contribution in [-0.2, 0) is 0 Å². The Morgan fingerprint density at radius 1 is 1.54 bits per heavy atom. The summed E-state index contributed by atoms with van der Waals surface area (Å²) in [4.78, 5) is 0. The van der Waals surface area contributed by atoms with E-state index in [0.717, 1.165) is 6.42 Å². The number of aryl methyl sites for hydroxylation is 1. The summed E-state index contributed by atoms with van der Waals surface area (Å²) in [5, 5.41) is 4.36. The molecule has 1 aromatic heterocycles. The van der Waals surface area contributed by atoms with Gasteiger partial charge in [-0.1, -0.05) is 19.8 Å². The van der Waals surface area contributed by atoms with Gasteiger partial charge in [-0.3, -0.25) is 11.3 Å². The van der Waals surface area contributed by atoms with E-state index in [1.165, 1.54) is 24.0 Å². The lowest BCUT2D eigenvalue weighted by Crippen LogP contribution is -2.28. The summed E-state index contributed by atoms with van der Waals surface area (Å²) in [7, 11) is 0. The van der Waals surface area contributed by atoms with Gasteiger partial charge < -0.3 is 0 Å². The van der Waals surface area contributed by atoms with Crippen LogP contribution in [0, 0.1) is 6.92 Å². The van der Waals surface area contributed by atoms with Crippen molar-refractivity contribution < 1.29 is 0 Å². The van der Waals surface area contributed by atoms with E-state index in [4.69, 9.17) is 5.84 Å². The maximum atomic E-state index is 5.53. The van der Waals surface area contributed by atoms with Crippen LogP contribution in [0.3, 0.4) is 0 Å². The SMILES string of the molecule is CCCCC(NN)c1cscc1C. The molecule has 0 bridgehead atoms. The average Bonchev–Trinajstić information content (AvgIpc) is 2.54. The van der Waals surface area contributed by atoms with E-state index in [9.17, 15) is 0 Å². The zero-order chi connectivity index (χ0) is 9.68. The van der Waals surface area contributed by atoms with E-state index in [1.54, 1.807) is 11.3 Å². The standard InChI is InChI=1S/C10H18N2S/c1-3-4-5-10(12-11)9-7-13-6-8(9)2/h6-7,10,12H,3-5,11H2,1-2H3. The third-order valence-electron chi connectivity index (χ3n) is 2.32. The minimum absolute atomic E-state index is 0.339. The molecule has 1 heterocycles. The normalized spacial score (nSPS) is 13.2. The second-order valence-electron chi connectivity index (χ2n) is 3.37. The van der Waals surface area contributed by atoms with Crippen molar-refractivity contribution in [1.29, 1.82) is 0 Å². The van der Waals surface area contributed by atoms with Crippen LogP contribution in [0.1, 0.15) is 43.4 Å². The molecule has 1 aromatic rings. The first kappa shape index (κ1) is 10.7. The molecule has 0 fully saturated rings. The highest BCUT2D eigenvalue weighted by molar-refractivity contribution is 7.08. The molecule has 0 aliphatic heterocycles. The zero-order valence-corrected chi connectivity index (χ0v) is 9.16. The fourth-order valence-electron chi connectivity index (χ4n) is 1.46. The van der Waals surface area contributed by atoms with E-state index >= 15 is 0 Å². The Morgan fingerprint density at radius 3 is 2.77 bits per heavy atom. The van der Waals surface area contributed by atoms with Gasteiger partial charge in [-0.05, 0) is 35.2 Å². The van der Waals surface area contributed by atoms with Gasteiger partial charge in [-0.25, -0.2) is 0 Å². The number of rotatable bonds is 5. The summed E-state index contributed by atoms with van der Waals surface area (Å²) in [6.45, 7) is 4.34. The maximum Gasteiger partial charge on any atom is 0.0470 e. The minimum atomic E-state index is 0.339. The van der Waals surface area contributed by atoms with Crippen molar-refractivity contribution in [3.8, 4) is 0 Å². The average molecular weight is 198 g/mol. The molecule has 1 atom stereocenters. The molecule has 0 aliphatic carbocycles. The van der Waals surface area contributed by atoms with Gasteiger partial charge in [0.2, 0.25) is 0 Å². The number of nitrogens with one attached hydrogen (secondary N) is 1. The van der Waals surface area contributed by atoms with Gasteiger partial charge in [0.25, 0.3) is 0 Å². The number of hydrogen-bond acceptors (Lipinski definition) is 3. The molecular formula is C10H18N2S. The number of unbranched alkanes of at least 4 members (excludes halogenated alkanes) is 1. The highest BCUT2D eigenvalue weighted by Gasteiger charge is 2.11. The molecule has 2 nitrogen and oxygen atoms in total. The molecule has 0 aliphatic rings. The molecule has 3 heteroatoms. The number of nitrogens with two attached hydrogens (primary N) is 1. The van der Waals surface area contributed by atoms with Crippen LogP contribution in [0.25, 0.3) is 0 Å². The third kappa shape index (κ3) is 2.79. The Labute approximate surface area is 84.1 Å². The monoisotopic (exact) mass is 198 g/mol. The summed E-state index contributed by atoms with van der Waals surface area (Å²) < 4.78 is 0. The van der Waals surface area contributed by atoms with Gasteiger partial charge in [0.15, 0.2) is 0 Å². The van der Waals surface area contributed by atoms with E-state index in [2.05, 4.69) is 30.0 Å². The lowest BCUT2D eigenvalue weighted by Gasteiger charge is -2.15. The quantitative estimate of drug-likeness (QED) is 0.564. The highest BCUT2D eigenvalue weighted by atomic mass is 32.1. The van der Waals surface area contributed by atoms with Gasteiger partial charge >= 0.3 is 0 Å². The molecule has 13 heavy (non-hydrogen) atoms. The van der Waals surface area contributed by atoms with Crippen LogP contribution in [0.4, 0.5) is 0 Å². The summed E-state index contributed by atoms with van der Waals surface area (Å²) in [5.74, 6) is 5.53. The van der Waals surface area contributed by atoms with E-state index in [0.29, 0.717) is 6.04 Å². The molecule has 0 saturated heterocycles. The second kappa shape index (κ2) is 5.37. The minimum Gasteiger partial charge on any atom is -0.271 e. The first-order valence-corrected chi connectivity index (χ1v) is 5.72. The number of hydrogen-bond donors (Lipinski definition) is 2. The molecule has 0 radical (unpaired) electrons. The van der Waals surface area contributed by atoms with Crippen LogP contribution >= 0.6 is 11.3 Å². The van der Waals surface area contributed by atoms with Crippen molar-refractivity contribution in [3.63, 3.8) is 0 Å². The Balaban J connectivity index is 2.61. The molecule has 0 spiro atoms. The first-order chi connectivity index (χ1) is 6.29. The molecule has 1 rings (SSSR count). The van der Waals surface area contributed by atoms with Crippen LogP contribution in [0.15, 0.2) is 10.8 Å². The van der Waals surface area contributed by atoms with E-state index < -0.39 is 0 Å². The van der Waals surface area contributed by atoms with Crippen LogP contribution in [0.5, 0.6) is 0 Å². The number of thiophene rings is 1. The second-order valence-corrected chi connectivity index (χ2v) is 4.12. The van der Waals surface area contributed by atoms with Crippen LogP contribution in [-0.4, -0.2) is 0 Å². The Hall–Kier alpha value is -0.380. The van der Waals surface area contributed by atoms with Gasteiger partial charge in [0, 0.05) is 6.04 Å². The smallest absolute Gasteiger partial charge is 0.0470 e. The van der Waals surface area contributed by atoms with Crippen molar-refractivity contribution in [2.45, 2.75) is 39.2 Å². The molecule has 0 saturated carbocycles. The van der Waals surface area contributed by atoms with Crippen molar-refractivity contribution in [3.05, 3.63) is 21.9 Å². The van der Waals surface area contributed by atoms with Gasteiger partial charge in [-0.2, -0.15) is 11.3 Å². The highest BCUT2D eigenvalue weighted by Crippen LogP contribution is 2.24. The van der Waals surface area contributed by atoms with Gasteiger partial charge in [-0.15, -0.1) is 0 Å². The Kier molecular flexibility index (Phi) is 4.42. The molecule has 1 unspecified atom stereocenters. The molecule has 0 amide bonds. The summed E-state index contributed by atoms with van der Waals surface area (Å²) in [5.41, 5.74) is 5.60. The Bertz CT molecular complexity index is 245. The predicted octanol–water partition coefficient (Wildman–Crippen LogP) is 2.75. The fraction of sp³-hybridized carbons (Fsp3) is 0.600. The molecule has 74 valence electrons. The molecular weight excluding hydrogens is 180 g/mol. The third-order valence-corrected chi connectivity index (χ3v) is 3.20. The topological polar surface area (TPSA) is 38.0 Å². The van der Waals surface area contributed by atoms with Crippen molar-refractivity contribution >= 4 is 11.3 Å². The fourth-order valence-corrected chi connectivity index (χ4v) is 2.37. The van der Waals surface area contributed by atoms with Crippen LogP contribution in [0.2, 0.25) is 0 Å². The van der Waals surface area contributed by atoms with E-state index in [-0.39, 0.29) is 0 Å². The van der Waals surface area contributed by atoms with E-state index in [1.807, 2.05) is 0 Å². The number of hydrazine groups is 1. The molecule has 3 N–H and O–H groups in total. The van der Waals surface area contributed by atoms with Gasteiger partial charge in [0.1, 0.15) is 0 Å². The zero-order valence-electron chi connectivity index (χ0n) is 8.34. The summed E-state index contributed by atoms with van der Waals surface area (Å²) in [6, 6.07) is 0.339. The lowest BCUT2D eigenvalue weighted by atomic mass is 10.0. The summed E-state index contributed by atoms with van der Waals surface area (Å²) >= 11 is 1.75. The lowest BCUT2D eigenvalue weighted by molar-refractivity contribution is 0.494. The van der Waals surface area contributed by atoms with Crippen LogP contribution < -0.4 is 11.3 Å². The van der Waals surface area contributed by atoms with Crippen molar-refractivity contribution in [2.24, 2.45) is 5.84 Å². The largest absolute Gasteiger partial charge is 0.271 e. The summed E-state index contributed by atoms with van der Waals surface area (Å²) in [6.07, 6.45) is 3.58. The maximum absolute atomic E-state index is 5.53.